The number of methoxy groups -OCH3 is 2. The van der Waals surface area contributed by atoms with Crippen molar-refractivity contribution in [1.29, 1.82) is 0 Å². The third kappa shape index (κ3) is 3.37. The largest absolute Gasteiger partial charge is 0.468 e. The number of hydrogen-bond acceptors (Lipinski definition) is 6. The van der Waals surface area contributed by atoms with Crippen molar-refractivity contribution in [3.05, 3.63) is 28.7 Å². The van der Waals surface area contributed by atoms with Crippen LogP contribution in [0.5, 0.6) is 0 Å². The minimum atomic E-state index is -4.91. The van der Waals surface area contributed by atoms with E-state index in [1.54, 1.807) is 12.1 Å². The van der Waals surface area contributed by atoms with Crippen LogP contribution in [0.15, 0.2) is 33.8 Å². The Hall–Kier alpha value is -2.10. The molecule has 0 fully saturated rings. The third-order valence-corrected chi connectivity index (χ3v) is 3.90. The van der Waals surface area contributed by atoms with E-state index in [9.17, 15) is 22.8 Å². The number of hydrogen-bond donors (Lipinski definition) is 0. The summed E-state index contributed by atoms with van der Waals surface area (Å²) in [6, 6.07) is 4.43. The monoisotopic (exact) mass is 408 g/mol. The van der Waals surface area contributed by atoms with Crippen LogP contribution in [-0.4, -0.2) is 44.1 Å². The van der Waals surface area contributed by atoms with E-state index >= 15 is 0 Å². The molecule has 0 saturated carbocycles. The fourth-order valence-electron chi connectivity index (χ4n) is 2.30. The topological polar surface area (TPSA) is 68.2 Å². The molecule has 130 valence electrons. The van der Waals surface area contributed by atoms with Gasteiger partial charge in [-0.15, -0.1) is 0 Å². The first-order valence-electron chi connectivity index (χ1n) is 6.57. The fraction of sp³-hybridized carbons (Fsp3) is 0.357. The van der Waals surface area contributed by atoms with Gasteiger partial charge in [0.15, 0.2) is 11.8 Å². The van der Waals surface area contributed by atoms with Gasteiger partial charge >= 0.3 is 18.1 Å². The van der Waals surface area contributed by atoms with E-state index in [1.807, 2.05) is 0 Å². The van der Waals surface area contributed by atoms with Crippen LogP contribution in [0.3, 0.4) is 0 Å². The third-order valence-electron chi connectivity index (χ3n) is 3.37. The van der Waals surface area contributed by atoms with E-state index in [2.05, 4.69) is 30.5 Å². The number of carbonyl (C=O) groups excluding carboxylic acids is 2. The summed E-state index contributed by atoms with van der Waals surface area (Å²) in [5.74, 6) is -4.19. The quantitative estimate of drug-likeness (QED) is 0.718. The summed E-state index contributed by atoms with van der Waals surface area (Å²) in [6.07, 6.45) is -4.91. The van der Waals surface area contributed by atoms with Crippen molar-refractivity contribution in [1.82, 2.24) is 0 Å². The second-order valence-electron chi connectivity index (χ2n) is 4.77. The van der Waals surface area contributed by atoms with Crippen LogP contribution < -0.4 is 5.01 Å². The highest BCUT2D eigenvalue weighted by atomic mass is 79.9. The highest BCUT2D eigenvalue weighted by Crippen LogP contribution is 2.36. The van der Waals surface area contributed by atoms with Crippen LogP contribution in [0, 0.1) is 5.92 Å². The molecule has 1 heterocycles. The van der Waals surface area contributed by atoms with Gasteiger partial charge in [0.1, 0.15) is 5.92 Å². The van der Waals surface area contributed by atoms with Crippen LogP contribution >= 0.6 is 15.9 Å². The summed E-state index contributed by atoms with van der Waals surface area (Å²) in [7, 11) is 1.95. The van der Waals surface area contributed by atoms with Crippen molar-refractivity contribution in [2.75, 3.05) is 19.2 Å². The van der Waals surface area contributed by atoms with Crippen molar-refractivity contribution < 1.29 is 32.2 Å². The molecule has 1 aromatic carbocycles. The van der Waals surface area contributed by atoms with Crippen molar-refractivity contribution >= 4 is 39.3 Å². The molecule has 1 aliphatic rings. The number of benzene rings is 1. The predicted octanol–water partition coefficient (Wildman–Crippen LogP) is 2.52. The second kappa shape index (κ2) is 6.80. The lowest BCUT2D eigenvalue weighted by atomic mass is 9.94. The zero-order valence-corrected chi connectivity index (χ0v) is 14.1. The van der Waals surface area contributed by atoms with Crippen LogP contribution in [0.25, 0.3) is 0 Å². The van der Waals surface area contributed by atoms with Crippen LogP contribution in [0.1, 0.15) is 0 Å². The van der Waals surface area contributed by atoms with Gasteiger partial charge in [-0.2, -0.15) is 18.3 Å². The molecule has 0 bridgehead atoms. The molecule has 6 nitrogen and oxygen atoms in total. The molecular formula is C14H12BrF3N2O4. The lowest BCUT2D eigenvalue weighted by molar-refractivity contribution is -0.151. The number of carbonyl (C=O) groups is 2. The molecular weight excluding hydrogens is 397 g/mol. The Kier molecular flexibility index (Phi) is 5.16. The minimum Gasteiger partial charge on any atom is -0.468 e. The molecule has 0 amide bonds. The van der Waals surface area contributed by atoms with E-state index in [0.717, 1.165) is 19.2 Å². The number of rotatable bonds is 3. The predicted molar refractivity (Wildman–Crippen MR) is 81.4 cm³/mol. The summed E-state index contributed by atoms with van der Waals surface area (Å²) in [4.78, 5) is 23.9. The Bertz CT molecular complexity index is 676. The average molecular weight is 409 g/mol. The average Bonchev–Trinajstić information content (AvgIpc) is 2.94. The maximum atomic E-state index is 13.3. The van der Waals surface area contributed by atoms with Crippen molar-refractivity contribution in [3.63, 3.8) is 0 Å². The molecule has 24 heavy (non-hydrogen) atoms. The molecule has 0 radical (unpaired) electrons. The van der Waals surface area contributed by atoms with Gasteiger partial charge in [0, 0.05) is 4.47 Å². The molecule has 1 aromatic rings. The van der Waals surface area contributed by atoms with E-state index in [1.165, 1.54) is 12.1 Å². The SMILES string of the molecule is COC(=O)[C@H]1C(C(F)(F)F)=NN(c2ccc(Br)cc2)[C@@H]1C(=O)OC. The maximum absolute atomic E-state index is 13.3. The van der Waals surface area contributed by atoms with Gasteiger partial charge in [0.25, 0.3) is 0 Å². The molecule has 10 heteroatoms. The first-order chi connectivity index (χ1) is 11.2. The molecule has 0 aliphatic carbocycles. The molecule has 0 N–H and O–H groups in total. The van der Waals surface area contributed by atoms with Gasteiger partial charge < -0.3 is 9.47 Å². The molecule has 0 aromatic heterocycles. The van der Waals surface area contributed by atoms with E-state index in [4.69, 9.17) is 0 Å². The number of alkyl halides is 3. The lowest BCUT2D eigenvalue weighted by Crippen LogP contribution is -2.47. The summed E-state index contributed by atoms with van der Waals surface area (Å²) in [5, 5.41) is 4.29. The molecule has 0 unspecified atom stereocenters. The van der Waals surface area contributed by atoms with Gasteiger partial charge in [-0.3, -0.25) is 4.79 Å². The summed E-state index contributed by atoms with van der Waals surface area (Å²) in [5.41, 5.74) is -1.21. The van der Waals surface area contributed by atoms with Crippen LogP contribution in [0.2, 0.25) is 0 Å². The number of anilines is 1. The molecule has 1 aliphatic heterocycles. The molecule has 2 rings (SSSR count). The zero-order chi connectivity index (χ0) is 18.1. The normalized spacial score (nSPS) is 20.6. The minimum absolute atomic E-state index is 0.196. The molecule has 2 atom stereocenters. The zero-order valence-electron chi connectivity index (χ0n) is 12.5. The standard InChI is InChI=1S/C14H12BrF3N2O4/c1-23-12(21)9-10(13(22)24-2)20(19-11(9)14(16,17)18)8-5-3-7(15)4-6-8/h3-6,9-10H,1-2H3/t9-,10+/m1/s1. The number of nitrogens with zero attached hydrogens (tertiary/aromatic N) is 2. The molecule has 0 saturated heterocycles. The van der Waals surface area contributed by atoms with E-state index in [-0.39, 0.29) is 5.69 Å². The van der Waals surface area contributed by atoms with Crippen molar-refractivity contribution in [3.8, 4) is 0 Å². The van der Waals surface area contributed by atoms with Gasteiger partial charge in [-0.25, -0.2) is 9.80 Å². The first kappa shape index (κ1) is 18.2. The highest BCUT2D eigenvalue weighted by molar-refractivity contribution is 9.10. The van der Waals surface area contributed by atoms with Crippen LogP contribution in [-0.2, 0) is 19.1 Å². The second-order valence-corrected chi connectivity index (χ2v) is 5.69. The Morgan fingerprint density at radius 1 is 1.12 bits per heavy atom. The summed E-state index contributed by atoms with van der Waals surface area (Å²) < 4.78 is 49.5. The van der Waals surface area contributed by atoms with E-state index in [0.29, 0.717) is 4.47 Å². The Morgan fingerprint density at radius 2 is 1.67 bits per heavy atom. The number of ether oxygens (including phenoxy) is 2. The number of halogens is 4. The Morgan fingerprint density at radius 3 is 2.12 bits per heavy atom. The Labute approximate surface area is 143 Å². The summed E-state index contributed by atoms with van der Waals surface area (Å²) >= 11 is 3.20. The smallest absolute Gasteiger partial charge is 0.432 e. The maximum Gasteiger partial charge on any atom is 0.432 e. The van der Waals surface area contributed by atoms with Gasteiger partial charge in [-0.1, -0.05) is 15.9 Å². The fourth-order valence-corrected chi connectivity index (χ4v) is 2.56. The molecule has 0 spiro atoms. The van der Waals surface area contributed by atoms with Gasteiger partial charge in [-0.05, 0) is 24.3 Å². The van der Waals surface area contributed by atoms with Crippen molar-refractivity contribution in [2.45, 2.75) is 12.2 Å². The van der Waals surface area contributed by atoms with Gasteiger partial charge in [0.05, 0.1) is 19.9 Å². The van der Waals surface area contributed by atoms with Gasteiger partial charge in [0.2, 0.25) is 0 Å². The van der Waals surface area contributed by atoms with Crippen molar-refractivity contribution in [2.24, 2.45) is 11.0 Å². The first-order valence-corrected chi connectivity index (χ1v) is 7.36. The lowest BCUT2D eigenvalue weighted by Gasteiger charge is -2.24. The van der Waals surface area contributed by atoms with Crippen LogP contribution in [0.4, 0.5) is 18.9 Å². The number of esters is 2. The number of hydrazone groups is 1. The summed E-state index contributed by atoms with van der Waals surface area (Å²) in [6.45, 7) is 0. The Balaban J connectivity index is 2.58. The highest BCUT2D eigenvalue weighted by Gasteiger charge is 2.57. The van der Waals surface area contributed by atoms with E-state index < -0.39 is 35.8 Å².